The predicted octanol–water partition coefficient (Wildman–Crippen LogP) is 0.897. The molecule has 0 bridgehead atoms. The minimum Gasteiger partial charge on any atom is -0.407 e. The molecule has 96 valence electrons. The van der Waals surface area contributed by atoms with Gasteiger partial charge in [0.25, 0.3) is 5.91 Å². The number of H-pyrrole nitrogens is 1. The van der Waals surface area contributed by atoms with Gasteiger partial charge in [0.05, 0.1) is 5.52 Å². The number of fused-ring (bicyclic) bond motifs is 1. The number of aromatic nitrogens is 3. The summed E-state index contributed by atoms with van der Waals surface area (Å²) in [6, 6.07) is 6.21. The molecular formula is C12H10N4O3. The summed E-state index contributed by atoms with van der Waals surface area (Å²) in [6.07, 6.45) is 0. The number of aryl methyl sites for hydroxylation is 1. The molecule has 3 rings (SSSR count). The third-order valence-electron chi connectivity index (χ3n) is 2.73. The van der Waals surface area contributed by atoms with Gasteiger partial charge in [0.15, 0.2) is 11.3 Å². The lowest BCUT2D eigenvalue weighted by Crippen LogP contribution is -2.23. The van der Waals surface area contributed by atoms with Crippen molar-refractivity contribution in [2.24, 2.45) is 0 Å². The molecule has 19 heavy (non-hydrogen) atoms. The average Bonchev–Trinajstić information content (AvgIpc) is 2.91. The maximum Gasteiger partial charge on any atom is 0.427 e. The Labute approximate surface area is 106 Å². The molecule has 3 N–H and O–H groups in total. The van der Waals surface area contributed by atoms with E-state index in [4.69, 9.17) is 10.2 Å². The van der Waals surface area contributed by atoms with Crippen LogP contribution >= 0.6 is 0 Å². The molecule has 0 atom stereocenters. The average molecular weight is 258 g/mol. The van der Waals surface area contributed by atoms with Crippen molar-refractivity contribution in [2.75, 3.05) is 5.73 Å². The number of carbonyl (C=O) groups is 1. The number of aromatic amines is 1. The second kappa shape index (κ2) is 3.84. The number of anilines is 1. The minimum absolute atomic E-state index is 0.152. The van der Waals surface area contributed by atoms with E-state index in [2.05, 4.69) is 10.2 Å². The van der Waals surface area contributed by atoms with E-state index >= 15 is 0 Å². The number of nitrogens with two attached hydrogens (primary N) is 1. The van der Waals surface area contributed by atoms with Crippen molar-refractivity contribution in [3.05, 3.63) is 46.2 Å². The summed E-state index contributed by atoms with van der Waals surface area (Å²) in [5, 5.41) is 6.49. The van der Waals surface area contributed by atoms with Gasteiger partial charge in [0.2, 0.25) is 0 Å². The molecule has 7 heteroatoms. The van der Waals surface area contributed by atoms with Crippen molar-refractivity contribution in [1.29, 1.82) is 0 Å². The molecular weight excluding hydrogens is 248 g/mol. The Hall–Kier alpha value is -2.83. The van der Waals surface area contributed by atoms with E-state index in [1.807, 2.05) is 0 Å². The van der Waals surface area contributed by atoms with Crippen LogP contribution in [0.4, 0.5) is 5.69 Å². The Balaban J connectivity index is 2.22. The minimum atomic E-state index is -0.758. The van der Waals surface area contributed by atoms with Gasteiger partial charge in [-0.2, -0.15) is 5.10 Å². The van der Waals surface area contributed by atoms with Crippen molar-refractivity contribution < 1.29 is 9.21 Å². The van der Waals surface area contributed by atoms with Gasteiger partial charge in [0, 0.05) is 17.4 Å². The molecule has 7 nitrogen and oxygen atoms in total. The van der Waals surface area contributed by atoms with Crippen LogP contribution in [0.3, 0.4) is 0 Å². The molecule has 0 aliphatic carbocycles. The Morgan fingerprint density at radius 2 is 2.21 bits per heavy atom. The summed E-state index contributed by atoms with van der Waals surface area (Å²) < 4.78 is 5.93. The number of nitrogen functional groups attached to an aromatic ring is 1. The SMILES string of the molecule is Cc1cc(C(=O)n2c(=O)oc3cc(N)ccc32)n[nH]1. The first kappa shape index (κ1) is 11.3. The van der Waals surface area contributed by atoms with E-state index < -0.39 is 11.7 Å². The van der Waals surface area contributed by atoms with Crippen molar-refractivity contribution in [3.8, 4) is 0 Å². The highest BCUT2D eigenvalue weighted by atomic mass is 16.4. The molecule has 1 aromatic carbocycles. The molecule has 0 saturated heterocycles. The topological polar surface area (TPSA) is 107 Å². The van der Waals surface area contributed by atoms with E-state index in [0.717, 1.165) is 10.3 Å². The van der Waals surface area contributed by atoms with Crippen molar-refractivity contribution in [2.45, 2.75) is 6.92 Å². The predicted molar refractivity (Wildman–Crippen MR) is 67.9 cm³/mol. The third kappa shape index (κ3) is 1.71. The maximum atomic E-state index is 12.2. The van der Waals surface area contributed by atoms with E-state index in [-0.39, 0.29) is 11.3 Å². The molecule has 0 spiro atoms. The number of carbonyl (C=O) groups excluding carboxylic acids is 1. The molecule has 0 unspecified atom stereocenters. The highest BCUT2D eigenvalue weighted by molar-refractivity contribution is 5.99. The second-order valence-corrected chi connectivity index (χ2v) is 4.17. The van der Waals surface area contributed by atoms with Crippen molar-refractivity contribution in [1.82, 2.24) is 14.8 Å². The van der Waals surface area contributed by atoms with E-state index in [9.17, 15) is 9.59 Å². The zero-order valence-corrected chi connectivity index (χ0v) is 10.0. The monoisotopic (exact) mass is 258 g/mol. The zero-order chi connectivity index (χ0) is 13.6. The first-order chi connectivity index (χ1) is 9.06. The van der Waals surface area contributed by atoms with Gasteiger partial charge in [-0.3, -0.25) is 9.89 Å². The summed E-state index contributed by atoms with van der Waals surface area (Å²) in [5.41, 5.74) is 7.57. The molecule has 0 aliphatic rings. The molecule has 0 fully saturated rings. The van der Waals surface area contributed by atoms with Gasteiger partial charge in [-0.05, 0) is 25.1 Å². The van der Waals surface area contributed by atoms with E-state index in [0.29, 0.717) is 11.2 Å². The van der Waals surface area contributed by atoms with Crippen molar-refractivity contribution in [3.63, 3.8) is 0 Å². The lowest BCUT2D eigenvalue weighted by atomic mass is 10.3. The zero-order valence-electron chi connectivity index (χ0n) is 10.0. The van der Waals surface area contributed by atoms with Crippen LogP contribution in [0.2, 0.25) is 0 Å². The maximum absolute atomic E-state index is 12.2. The Morgan fingerprint density at radius 3 is 2.89 bits per heavy atom. The largest absolute Gasteiger partial charge is 0.427 e. The molecule has 2 heterocycles. The molecule has 0 radical (unpaired) electrons. The normalized spacial score (nSPS) is 11.0. The fourth-order valence-corrected chi connectivity index (χ4v) is 1.87. The summed E-state index contributed by atoms with van der Waals surface area (Å²) in [6.45, 7) is 1.76. The highest BCUT2D eigenvalue weighted by Crippen LogP contribution is 2.17. The number of benzene rings is 1. The summed E-state index contributed by atoms with van der Waals surface area (Å²) in [4.78, 5) is 24.0. The van der Waals surface area contributed by atoms with Crippen LogP contribution in [0.1, 0.15) is 16.2 Å². The number of hydrogen-bond acceptors (Lipinski definition) is 5. The summed E-state index contributed by atoms with van der Waals surface area (Å²) >= 11 is 0. The lowest BCUT2D eigenvalue weighted by Gasteiger charge is -1.97. The van der Waals surface area contributed by atoms with Gasteiger partial charge in [0.1, 0.15) is 0 Å². The first-order valence-electron chi connectivity index (χ1n) is 5.54. The molecule has 0 amide bonds. The Bertz CT molecular complexity index is 840. The van der Waals surface area contributed by atoms with Gasteiger partial charge in [-0.25, -0.2) is 9.36 Å². The van der Waals surface area contributed by atoms with Gasteiger partial charge < -0.3 is 10.2 Å². The number of nitrogens with one attached hydrogen (secondary N) is 1. The van der Waals surface area contributed by atoms with Crippen LogP contribution in [-0.4, -0.2) is 20.7 Å². The fraction of sp³-hybridized carbons (Fsp3) is 0.0833. The second-order valence-electron chi connectivity index (χ2n) is 4.17. The lowest BCUT2D eigenvalue weighted by molar-refractivity contribution is 0.0951. The number of rotatable bonds is 1. The Morgan fingerprint density at radius 1 is 1.42 bits per heavy atom. The number of hydrogen-bond donors (Lipinski definition) is 2. The highest BCUT2D eigenvalue weighted by Gasteiger charge is 2.19. The van der Waals surface area contributed by atoms with E-state index in [1.165, 1.54) is 6.07 Å². The smallest absolute Gasteiger partial charge is 0.407 e. The quantitative estimate of drug-likeness (QED) is 0.630. The number of nitrogens with zero attached hydrogens (tertiary/aromatic N) is 2. The molecule has 2 aromatic heterocycles. The fourth-order valence-electron chi connectivity index (χ4n) is 1.87. The van der Waals surface area contributed by atoms with Crippen molar-refractivity contribution >= 4 is 22.7 Å². The molecule has 0 saturated carbocycles. The molecule has 3 aromatic rings. The molecule has 0 aliphatic heterocycles. The Kier molecular flexibility index (Phi) is 2.28. The van der Waals surface area contributed by atoms with Gasteiger partial charge >= 0.3 is 5.76 Å². The van der Waals surface area contributed by atoms with E-state index in [1.54, 1.807) is 25.1 Å². The standard InChI is InChI=1S/C12H10N4O3/c1-6-4-8(15-14-6)11(17)16-9-3-2-7(13)5-10(9)19-12(16)18/h2-5H,13H2,1H3,(H,14,15). The summed E-state index contributed by atoms with van der Waals surface area (Å²) in [5.74, 6) is -1.30. The number of oxazole rings is 1. The third-order valence-corrected chi connectivity index (χ3v) is 2.73. The van der Waals surface area contributed by atoms with Crippen LogP contribution < -0.4 is 11.5 Å². The first-order valence-corrected chi connectivity index (χ1v) is 5.54. The van der Waals surface area contributed by atoms with Crippen LogP contribution in [0, 0.1) is 6.92 Å². The van der Waals surface area contributed by atoms with Crippen LogP contribution in [0.25, 0.3) is 11.1 Å². The summed E-state index contributed by atoms with van der Waals surface area (Å²) in [7, 11) is 0. The van der Waals surface area contributed by atoms with Crippen LogP contribution in [-0.2, 0) is 0 Å². The van der Waals surface area contributed by atoms with Gasteiger partial charge in [-0.15, -0.1) is 0 Å². The van der Waals surface area contributed by atoms with Gasteiger partial charge in [-0.1, -0.05) is 0 Å². The van der Waals surface area contributed by atoms with Crippen LogP contribution in [0.15, 0.2) is 33.5 Å². The van der Waals surface area contributed by atoms with Crippen LogP contribution in [0.5, 0.6) is 0 Å².